The first-order chi connectivity index (χ1) is 9.69. The van der Waals surface area contributed by atoms with Crippen LogP contribution in [0.15, 0.2) is 53.5 Å². The molecule has 20 heavy (non-hydrogen) atoms. The molecule has 0 aliphatic carbocycles. The van der Waals surface area contributed by atoms with Crippen molar-refractivity contribution in [2.75, 3.05) is 7.11 Å². The van der Waals surface area contributed by atoms with E-state index in [0.717, 1.165) is 11.4 Å². The summed E-state index contributed by atoms with van der Waals surface area (Å²) in [5, 5.41) is 0.617. The third-order valence-electron chi connectivity index (χ3n) is 2.74. The molecule has 0 unspecified atom stereocenters. The lowest BCUT2D eigenvalue weighted by atomic mass is 10.1. The van der Waals surface area contributed by atoms with Gasteiger partial charge in [0.2, 0.25) is 0 Å². The SMILES string of the molecule is COc1cccc(N=CCC(=O)c2ccc(Cl)cc2)c1. The number of Topliss-reactive ketones (excluding diaryl/α,β-unsaturated/α-hetero) is 1. The number of rotatable bonds is 5. The third-order valence-corrected chi connectivity index (χ3v) is 2.99. The van der Waals surface area contributed by atoms with E-state index in [1.54, 1.807) is 37.6 Å². The number of ketones is 1. The van der Waals surface area contributed by atoms with Gasteiger partial charge in [-0.3, -0.25) is 9.79 Å². The fourth-order valence-electron chi connectivity index (χ4n) is 1.68. The zero-order chi connectivity index (χ0) is 14.4. The normalized spacial score (nSPS) is 10.7. The molecule has 3 nitrogen and oxygen atoms in total. The van der Waals surface area contributed by atoms with Crippen LogP contribution in [0.2, 0.25) is 5.02 Å². The van der Waals surface area contributed by atoms with Crippen LogP contribution in [0.25, 0.3) is 0 Å². The summed E-state index contributed by atoms with van der Waals surface area (Å²) >= 11 is 5.78. The number of hydrogen-bond acceptors (Lipinski definition) is 3. The highest BCUT2D eigenvalue weighted by Gasteiger charge is 2.03. The first-order valence-corrected chi connectivity index (χ1v) is 6.52. The van der Waals surface area contributed by atoms with Crippen LogP contribution in [-0.4, -0.2) is 19.1 Å². The molecule has 0 amide bonds. The van der Waals surface area contributed by atoms with E-state index in [2.05, 4.69) is 4.99 Å². The first kappa shape index (κ1) is 14.3. The van der Waals surface area contributed by atoms with Gasteiger partial charge in [-0.1, -0.05) is 17.7 Å². The van der Waals surface area contributed by atoms with Crippen LogP contribution in [0, 0.1) is 0 Å². The number of nitrogens with zero attached hydrogens (tertiary/aromatic N) is 1. The molecule has 4 heteroatoms. The van der Waals surface area contributed by atoms with E-state index in [4.69, 9.17) is 16.3 Å². The van der Waals surface area contributed by atoms with E-state index in [1.807, 2.05) is 24.3 Å². The molecule has 0 aliphatic rings. The molecule has 0 saturated heterocycles. The van der Waals surface area contributed by atoms with Gasteiger partial charge in [0.1, 0.15) is 5.75 Å². The van der Waals surface area contributed by atoms with Crippen molar-refractivity contribution in [1.29, 1.82) is 0 Å². The van der Waals surface area contributed by atoms with Crippen molar-refractivity contribution < 1.29 is 9.53 Å². The van der Waals surface area contributed by atoms with Gasteiger partial charge in [-0.15, -0.1) is 0 Å². The van der Waals surface area contributed by atoms with E-state index in [0.29, 0.717) is 10.6 Å². The summed E-state index contributed by atoms with van der Waals surface area (Å²) in [6, 6.07) is 14.2. The number of carbonyl (C=O) groups is 1. The fraction of sp³-hybridized carbons (Fsp3) is 0.125. The predicted molar refractivity (Wildman–Crippen MR) is 81.5 cm³/mol. The van der Waals surface area contributed by atoms with E-state index in [-0.39, 0.29) is 12.2 Å². The largest absolute Gasteiger partial charge is 0.497 e. The number of aliphatic imine (C=N–C) groups is 1. The number of carbonyl (C=O) groups excluding carboxylic acids is 1. The molecule has 0 N–H and O–H groups in total. The second-order valence-electron chi connectivity index (χ2n) is 4.15. The molecule has 2 rings (SSSR count). The molecule has 0 atom stereocenters. The van der Waals surface area contributed by atoms with E-state index < -0.39 is 0 Å². The Morgan fingerprint density at radius 2 is 2.00 bits per heavy atom. The lowest BCUT2D eigenvalue weighted by molar-refractivity contribution is 0.100. The molecule has 0 spiro atoms. The average Bonchev–Trinajstić information content (AvgIpc) is 2.48. The minimum absolute atomic E-state index is 0.00770. The Bertz CT molecular complexity index is 621. The van der Waals surface area contributed by atoms with Gasteiger partial charge < -0.3 is 4.74 Å². The number of methoxy groups -OCH3 is 1. The van der Waals surface area contributed by atoms with Crippen LogP contribution in [0.1, 0.15) is 16.8 Å². The Balaban J connectivity index is 1.98. The molecule has 2 aromatic carbocycles. The third kappa shape index (κ3) is 3.93. The predicted octanol–water partition coefficient (Wildman–Crippen LogP) is 4.32. The highest BCUT2D eigenvalue weighted by Crippen LogP contribution is 2.19. The van der Waals surface area contributed by atoms with E-state index >= 15 is 0 Å². The van der Waals surface area contributed by atoms with Crippen LogP contribution in [0.5, 0.6) is 5.75 Å². The van der Waals surface area contributed by atoms with Gasteiger partial charge in [0.25, 0.3) is 0 Å². The average molecular weight is 288 g/mol. The molecule has 0 aliphatic heterocycles. The Kier molecular flexibility index (Phi) is 4.91. The van der Waals surface area contributed by atoms with Crippen molar-refractivity contribution in [3.63, 3.8) is 0 Å². The van der Waals surface area contributed by atoms with Gasteiger partial charge in [0.15, 0.2) is 5.78 Å². The highest BCUT2D eigenvalue weighted by atomic mass is 35.5. The second kappa shape index (κ2) is 6.87. The highest BCUT2D eigenvalue weighted by molar-refractivity contribution is 6.30. The number of benzene rings is 2. The topological polar surface area (TPSA) is 38.7 Å². The van der Waals surface area contributed by atoms with E-state index in [9.17, 15) is 4.79 Å². The van der Waals surface area contributed by atoms with Crippen molar-refractivity contribution >= 4 is 29.3 Å². The number of ether oxygens (including phenoxy) is 1. The maximum Gasteiger partial charge on any atom is 0.168 e. The molecular formula is C16H14ClNO2. The van der Waals surface area contributed by atoms with Crippen molar-refractivity contribution in [2.24, 2.45) is 4.99 Å². The quantitative estimate of drug-likeness (QED) is 0.606. The standard InChI is InChI=1S/C16H14ClNO2/c1-20-15-4-2-3-14(11-15)18-10-9-16(19)12-5-7-13(17)8-6-12/h2-8,10-11H,9H2,1H3. The Morgan fingerprint density at radius 3 is 2.70 bits per heavy atom. The zero-order valence-corrected chi connectivity index (χ0v) is 11.8. The smallest absolute Gasteiger partial charge is 0.168 e. The van der Waals surface area contributed by atoms with Crippen LogP contribution < -0.4 is 4.74 Å². The van der Waals surface area contributed by atoms with Crippen molar-refractivity contribution in [1.82, 2.24) is 0 Å². The maximum absolute atomic E-state index is 11.9. The summed E-state index contributed by atoms with van der Waals surface area (Å²) < 4.78 is 5.11. The molecule has 102 valence electrons. The minimum Gasteiger partial charge on any atom is -0.497 e. The Morgan fingerprint density at radius 1 is 1.25 bits per heavy atom. The van der Waals surface area contributed by atoms with Gasteiger partial charge >= 0.3 is 0 Å². The molecule has 0 saturated carbocycles. The molecular weight excluding hydrogens is 274 g/mol. The van der Waals surface area contributed by atoms with Crippen LogP contribution in [0.4, 0.5) is 5.69 Å². The van der Waals surface area contributed by atoms with Gasteiger partial charge in [0, 0.05) is 29.3 Å². The number of halogens is 1. The second-order valence-corrected chi connectivity index (χ2v) is 4.58. The molecule has 0 radical (unpaired) electrons. The Hall–Kier alpha value is -2.13. The van der Waals surface area contributed by atoms with Crippen molar-refractivity contribution in [2.45, 2.75) is 6.42 Å². The van der Waals surface area contributed by atoms with Crippen LogP contribution >= 0.6 is 11.6 Å². The van der Waals surface area contributed by atoms with Crippen LogP contribution in [-0.2, 0) is 0 Å². The molecule has 0 aromatic heterocycles. The van der Waals surface area contributed by atoms with E-state index in [1.165, 1.54) is 0 Å². The summed E-state index contributed by atoms with van der Waals surface area (Å²) in [6.07, 6.45) is 1.85. The number of hydrogen-bond donors (Lipinski definition) is 0. The monoisotopic (exact) mass is 287 g/mol. The Labute approximate surface area is 122 Å². The minimum atomic E-state index is 0.00770. The fourth-order valence-corrected chi connectivity index (χ4v) is 1.80. The van der Waals surface area contributed by atoms with Crippen molar-refractivity contribution in [3.8, 4) is 5.75 Å². The van der Waals surface area contributed by atoms with Crippen LogP contribution in [0.3, 0.4) is 0 Å². The summed E-state index contributed by atoms with van der Waals surface area (Å²) in [5.74, 6) is 0.747. The van der Waals surface area contributed by atoms with Crippen molar-refractivity contribution in [3.05, 3.63) is 59.1 Å². The lowest BCUT2D eigenvalue weighted by Crippen LogP contribution is -1.98. The first-order valence-electron chi connectivity index (χ1n) is 6.14. The summed E-state index contributed by atoms with van der Waals surface area (Å²) in [4.78, 5) is 16.2. The molecule has 0 bridgehead atoms. The molecule has 0 fully saturated rings. The summed E-state index contributed by atoms with van der Waals surface area (Å²) in [5.41, 5.74) is 1.39. The molecule has 0 heterocycles. The van der Waals surface area contributed by atoms with Gasteiger partial charge in [-0.25, -0.2) is 0 Å². The van der Waals surface area contributed by atoms with Gasteiger partial charge in [-0.05, 0) is 36.4 Å². The lowest BCUT2D eigenvalue weighted by Gasteiger charge is -2.00. The summed E-state index contributed by atoms with van der Waals surface area (Å²) in [6.45, 7) is 0. The zero-order valence-electron chi connectivity index (χ0n) is 11.0. The summed E-state index contributed by atoms with van der Waals surface area (Å²) in [7, 11) is 1.60. The van der Waals surface area contributed by atoms with Gasteiger partial charge in [-0.2, -0.15) is 0 Å². The molecule has 2 aromatic rings. The maximum atomic E-state index is 11.9. The van der Waals surface area contributed by atoms with Gasteiger partial charge in [0.05, 0.1) is 12.8 Å².